The SMILES string of the molecule is CCC(C)C(N)C(=O)NC(CS)C(=O)NC(CCC(=O)O)C(=O)NC(C(=O)O)C(C)CC. The van der Waals surface area contributed by atoms with Gasteiger partial charge in [-0.05, 0) is 18.3 Å². The van der Waals surface area contributed by atoms with Crippen molar-refractivity contribution < 1.29 is 34.2 Å². The van der Waals surface area contributed by atoms with E-state index >= 15 is 0 Å². The number of carboxylic acids is 2. The molecule has 0 bridgehead atoms. The molecule has 0 saturated heterocycles. The summed E-state index contributed by atoms with van der Waals surface area (Å²) >= 11 is 4.06. The van der Waals surface area contributed by atoms with Crippen molar-refractivity contribution in [3.63, 3.8) is 0 Å². The molecule has 0 aliphatic rings. The fraction of sp³-hybridized carbons (Fsp3) is 0.750. The highest BCUT2D eigenvalue weighted by Crippen LogP contribution is 2.10. The Labute approximate surface area is 193 Å². The van der Waals surface area contributed by atoms with Gasteiger partial charge in [0.05, 0.1) is 6.04 Å². The molecular weight excluding hydrogens is 440 g/mol. The average Bonchev–Trinajstić information content (AvgIpc) is 2.75. The minimum absolute atomic E-state index is 0.0946. The second-order valence-corrected chi connectivity index (χ2v) is 8.22. The van der Waals surface area contributed by atoms with Crippen molar-refractivity contribution in [1.82, 2.24) is 16.0 Å². The van der Waals surface area contributed by atoms with Crippen molar-refractivity contribution in [2.45, 2.75) is 77.5 Å². The van der Waals surface area contributed by atoms with E-state index in [4.69, 9.17) is 10.8 Å². The van der Waals surface area contributed by atoms with Crippen LogP contribution in [0.15, 0.2) is 0 Å². The number of nitrogens with one attached hydrogen (secondary N) is 3. The minimum atomic E-state index is -1.31. The molecule has 7 N–H and O–H groups in total. The molecule has 0 aliphatic heterocycles. The van der Waals surface area contributed by atoms with Gasteiger partial charge in [0.15, 0.2) is 0 Å². The Kier molecular flexibility index (Phi) is 13.6. The molecule has 6 atom stereocenters. The molecule has 0 fully saturated rings. The highest BCUT2D eigenvalue weighted by atomic mass is 32.1. The third-order valence-electron chi connectivity index (χ3n) is 5.43. The second-order valence-electron chi connectivity index (χ2n) is 7.86. The van der Waals surface area contributed by atoms with Gasteiger partial charge < -0.3 is 31.9 Å². The Hall–Kier alpha value is -2.34. The van der Waals surface area contributed by atoms with Crippen molar-refractivity contribution in [3.05, 3.63) is 0 Å². The lowest BCUT2D eigenvalue weighted by molar-refractivity contribution is -0.144. The fourth-order valence-corrected chi connectivity index (χ4v) is 2.98. The van der Waals surface area contributed by atoms with Gasteiger partial charge in [-0.25, -0.2) is 4.79 Å². The van der Waals surface area contributed by atoms with Gasteiger partial charge in [0.25, 0.3) is 0 Å². The van der Waals surface area contributed by atoms with Gasteiger partial charge in [0, 0.05) is 12.2 Å². The molecule has 3 amide bonds. The summed E-state index contributed by atoms with van der Waals surface area (Å²) in [5, 5.41) is 25.6. The van der Waals surface area contributed by atoms with Crippen molar-refractivity contribution in [2.24, 2.45) is 17.6 Å². The zero-order valence-electron chi connectivity index (χ0n) is 19.0. The van der Waals surface area contributed by atoms with Crippen LogP contribution in [0, 0.1) is 11.8 Å². The summed E-state index contributed by atoms with van der Waals surface area (Å²) in [5.74, 6) is -5.17. The lowest BCUT2D eigenvalue weighted by Gasteiger charge is -2.26. The maximum absolute atomic E-state index is 12.7. The number of carbonyl (C=O) groups is 5. The maximum Gasteiger partial charge on any atom is 0.326 e. The third-order valence-corrected chi connectivity index (χ3v) is 5.80. The number of amides is 3. The first-order valence-electron chi connectivity index (χ1n) is 10.6. The third kappa shape index (κ3) is 9.86. The van der Waals surface area contributed by atoms with Gasteiger partial charge in [0.1, 0.15) is 18.1 Å². The summed E-state index contributed by atoms with van der Waals surface area (Å²) in [6, 6.07) is -4.48. The minimum Gasteiger partial charge on any atom is -0.481 e. The van der Waals surface area contributed by atoms with Crippen LogP contribution < -0.4 is 21.7 Å². The maximum atomic E-state index is 12.7. The van der Waals surface area contributed by atoms with E-state index in [9.17, 15) is 29.1 Å². The molecule has 11 nitrogen and oxygen atoms in total. The van der Waals surface area contributed by atoms with Gasteiger partial charge in [0.2, 0.25) is 17.7 Å². The number of rotatable bonds is 15. The molecule has 0 aromatic rings. The number of carbonyl (C=O) groups excluding carboxylic acids is 3. The summed E-state index contributed by atoms with van der Waals surface area (Å²) in [5.41, 5.74) is 5.88. The van der Waals surface area contributed by atoms with E-state index in [-0.39, 0.29) is 18.1 Å². The van der Waals surface area contributed by atoms with E-state index in [1.807, 2.05) is 6.92 Å². The van der Waals surface area contributed by atoms with Crippen LogP contribution in [0.1, 0.15) is 53.4 Å². The highest BCUT2D eigenvalue weighted by molar-refractivity contribution is 7.80. The number of thiol groups is 1. The summed E-state index contributed by atoms with van der Waals surface area (Å²) < 4.78 is 0. The first kappa shape index (κ1) is 29.7. The predicted molar refractivity (Wildman–Crippen MR) is 121 cm³/mol. The van der Waals surface area contributed by atoms with Crippen LogP contribution in [0.25, 0.3) is 0 Å². The fourth-order valence-electron chi connectivity index (χ4n) is 2.72. The van der Waals surface area contributed by atoms with E-state index in [1.54, 1.807) is 20.8 Å². The van der Waals surface area contributed by atoms with Crippen molar-refractivity contribution in [1.29, 1.82) is 0 Å². The standard InChI is InChI=1S/C20H36N4O7S/c1-5-10(3)15(21)19(29)23-13(9-32)18(28)22-12(7-8-14(25)26)17(27)24-16(20(30)31)11(4)6-2/h10-13,15-16,32H,5-9,21H2,1-4H3,(H,22,28)(H,23,29)(H,24,27)(H,25,26)(H,30,31). The van der Waals surface area contributed by atoms with Gasteiger partial charge in [-0.1, -0.05) is 40.5 Å². The lowest BCUT2D eigenvalue weighted by atomic mass is 9.98. The van der Waals surface area contributed by atoms with Crippen molar-refractivity contribution in [2.75, 3.05) is 5.75 Å². The quantitative estimate of drug-likeness (QED) is 0.157. The molecule has 12 heteroatoms. The molecule has 0 aromatic heterocycles. The van der Waals surface area contributed by atoms with Gasteiger partial charge in [-0.3, -0.25) is 19.2 Å². The molecule has 6 unspecified atom stereocenters. The number of nitrogens with two attached hydrogens (primary N) is 1. The van der Waals surface area contributed by atoms with Crippen molar-refractivity contribution in [3.8, 4) is 0 Å². The van der Waals surface area contributed by atoms with Crippen LogP contribution in [-0.4, -0.2) is 69.8 Å². The highest BCUT2D eigenvalue weighted by Gasteiger charge is 2.32. The van der Waals surface area contributed by atoms with E-state index in [2.05, 4.69) is 28.6 Å². The normalized spacial score (nSPS) is 16.6. The Bertz CT molecular complexity index is 676. The molecular formula is C20H36N4O7S. The van der Waals surface area contributed by atoms with E-state index < -0.39 is 66.2 Å². The molecule has 0 radical (unpaired) electrons. The van der Waals surface area contributed by atoms with Gasteiger partial charge in [-0.15, -0.1) is 0 Å². The van der Waals surface area contributed by atoms with Crippen LogP contribution in [-0.2, 0) is 24.0 Å². The zero-order valence-corrected chi connectivity index (χ0v) is 19.9. The van der Waals surface area contributed by atoms with Gasteiger partial charge >= 0.3 is 11.9 Å². The van der Waals surface area contributed by atoms with Crippen LogP contribution >= 0.6 is 12.6 Å². The number of aliphatic carboxylic acids is 2. The Morgan fingerprint density at radius 2 is 1.34 bits per heavy atom. The number of hydrogen-bond acceptors (Lipinski definition) is 7. The van der Waals surface area contributed by atoms with Crippen LogP contribution in [0.2, 0.25) is 0 Å². The first-order valence-corrected chi connectivity index (χ1v) is 11.2. The second kappa shape index (κ2) is 14.7. The van der Waals surface area contributed by atoms with E-state index in [1.165, 1.54) is 0 Å². The largest absolute Gasteiger partial charge is 0.481 e. The van der Waals surface area contributed by atoms with E-state index in [0.717, 1.165) is 0 Å². The Morgan fingerprint density at radius 3 is 1.78 bits per heavy atom. The summed E-state index contributed by atoms with van der Waals surface area (Å²) in [6.45, 7) is 7.08. The van der Waals surface area contributed by atoms with Crippen LogP contribution in [0.3, 0.4) is 0 Å². The number of hydrogen-bond donors (Lipinski definition) is 7. The average molecular weight is 477 g/mol. The van der Waals surface area contributed by atoms with E-state index in [0.29, 0.717) is 12.8 Å². The molecule has 0 rings (SSSR count). The molecule has 0 aromatic carbocycles. The van der Waals surface area contributed by atoms with Crippen molar-refractivity contribution >= 4 is 42.3 Å². The van der Waals surface area contributed by atoms with Gasteiger partial charge in [-0.2, -0.15) is 12.6 Å². The van der Waals surface area contributed by atoms with Crippen LogP contribution in [0.5, 0.6) is 0 Å². The summed E-state index contributed by atoms with van der Waals surface area (Å²) in [4.78, 5) is 60.2. The monoisotopic (exact) mass is 476 g/mol. The first-order chi connectivity index (χ1) is 14.9. The molecule has 0 saturated carbocycles. The summed E-state index contributed by atoms with van der Waals surface area (Å²) in [7, 11) is 0. The molecule has 32 heavy (non-hydrogen) atoms. The predicted octanol–water partition coefficient (Wildman–Crippen LogP) is -0.260. The lowest BCUT2D eigenvalue weighted by Crippen LogP contribution is -2.58. The molecule has 0 spiro atoms. The molecule has 0 aliphatic carbocycles. The molecule has 184 valence electrons. The number of carboxylic acid groups (broad SMARTS) is 2. The summed E-state index contributed by atoms with van der Waals surface area (Å²) in [6.07, 6.45) is 0.438. The Balaban J connectivity index is 5.42. The zero-order chi connectivity index (χ0) is 25.0. The topological polar surface area (TPSA) is 188 Å². The Morgan fingerprint density at radius 1 is 0.844 bits per heavy atom. The molecule has 0 heterocycles. The van der Waals surface area contributed by atoms with Crippen LogP contribution in [0.4, 0.5) is 0 Å². The smallest absolute Gasteiger partial charge is 0.326 e.